The zero-order chi connectivity index (χ0) is 18.7. The summed E-state index contributed by atoms with van der Waals surface area (Å²) in [6.07, 6.45) is 0. The van der Waals surface area contributed by atoms with Crippen LogP contribution < -0.4 is 0 Å². The molecular weight excluding hydrogens is 438 g/mol. The van der Waals surface area contributed by atoms with Gasteiger partial charge in [-0.05, 0) is 29.8 Å². The molecule has 8 heteroatoms. The summed E-state index contributed by atoms with van der Waals surface area (Å²) >= 11 is 10.9. The Morgan fingerprint density at radius 3 is 2.85 bits per heavy atom. The molecule has 0 saturated heterocycles. The highest BCUT2D eigenvalue weighted by molar-refractivity contribution is 9.10. The molecule has 0 unspecified atom stereocenters. The Hall–Kier alpha value is -1.83. The number of aromatic hydroxyl groups is 1. The highest BCUT2D eigenvalue weighted by atomic mass is 79.9. The number of fused-ring (bicyclic) bond motifs is 1. The SMILES string of the molecule is Cn1c(O)c(N=NC(=O)CSCc2ccccc2Cl)c2cc(Br)ccc21. The lowest BCUT2D eigenvalue weighted by Gasteiger charge is -2.01. The van der Waals surface area contributed by atoms with E-state index in [1.807, 2.05) is 42.5 Å². The van der Waals surface area contributed by atoms with Gasteiger partial charge in [0.15, 0.2) is 5.69 Å². The second-order valence-corrected chi connectivity index (χ2v) is 7.88. The molecule has 3 rings (SSSR count). The number of carbonyl (C=O) groups excluding carboxylic acids is 1. The molecule has 0 atom stereocenters. The van der Waals surface area contributed by atoms with Crippen molar-refractivity contribution in [1.82, 2.24) is 4.57 Å². The zero-order valence-corrected chi connectivity index (χ0v) is 17.0. The topological polar surface area (TPSA) is 66.9 Å². The molecule has 0 radical (unpaired) electrons. The quantitative estimate of drug-likeness (QED) is 0.494. The lowest BCUT2D eigenvalue weighted by Crippen LogP contribution is -1.96. The van der Waals surface area contributed by atoms with E-state index in [-0.39, 0.29) is 23.2 Å². The van der Waals surface area contributed by atoms with E-state index < -0.39 is 0 Å². The van der Waals surface area contributed by atoms with Gasteiger partial charge in [0.2, 0.25) is 5.88 Å². The molecule has 0 aliphatic carbocycles. The predicted molar refractivity (Wildman–Crippen MR) is 109 cm³/mol. The third kappa shape index (κ3) is 4.11. The summed E-state index contributed by atoms with van der Waals surface area (Å²) < 4.78 is 2.46. The third-order valence-corrected chi connectivity index (χ3v) is 5.64. The summed E-state index contributed by atoms with van der Waals surface area (Å²) in [5.74, 6) is 0.406. The standard InChI is InChI=1S/C18H15BrClN3O2S/c1-23-15-7-6-12(19)8-13(15)17(18(23)25)22-21-16(24)10-26-9-11-4-2-3-5-14(11)20/h2-8,25H,9-10H2,1H3. The van der Waals surface area contributed by atoms with Crippen molar-refractivity contribution in [2.24, 2.45) is 17.3 Å². The second-order valence-electron chi connectivity index (χ2n) is 5.57. The van der Waals surface area contributed by atoms with Crippen molar-refractivity contribution < 1.29 is 9.90 Å². The van der Waals surface area contributed by atoms with Gasteiger partial charge >= 0.3 is 0 Å². The molecule has 1 heterocycles. The van der Waals surface area contributed by atoms with Crippen LogP contribution in [-0.4, -0.2) is 21.3 Å². The van der Waals surface area contributed by atoms with Crippen molar-refractivity contribution in [3.05, 3.63) is 57.5 Å². The molecule has 0 aliphatic rings. The lowest BCUT2D eigenvalue weighted by molar-refractivity contribution is -0.115. The number of benzene rings is 2. The fraction of sp³-hybridized carbons (Fsp3) is 0.167. The number of hydrogen-bond donors (Lipinski definition) is 1. The van der Waals surface area contributed by atoms with Crippen LogP contribution in [0.15, 0.2) is 57.2 Å². The molecule has 0 fully saturated rings. The average molecular weight is 453 g/mol. The molecule has 1 N–H and O–H groups in total. The van der Waals surface area contributed by atoms with Crippen LogP contribution in [0.3, 0.4) is 0 Å². The molecule has 134 valence electrons. The summed E-state index contributed by atoms with van der Waals surface area (Å²) in [4.78, 5) is 12.0. The number of hydrogen-bond acceptors (Lipinski definition) is 4. The number of nitrogens with zero attached hydrogens (tertiary/aromatic N) is 3. The van der Waals surface area contributed by atoms with E-state index in [1.54, 1.807) is 11.6 Å². The number of aryl methyl sites for hydroxylation is 1. The minimum absolute atomic E-state index is 0.0293. The van der Waals surface area contributed by atoms with Gasteiger partial charge in [0.1, 0.15) is 0 Å². The maximum atomic E-state index is 12.0. The molecular formula is C18H15BrClN3O2S. The van der Waals surface area contributed by atoms with Crippen LogP contribution in [0.1, 0.15) is 5.56 Å². The van der Waals surface area contributed by atoms with Crippen molar-refractivity contribution >= 4 is 61.8 Å². The Morgan fingerprint density at radius 1 is 1.31 bits per heavy atom. The van der Waals surface area contributed by atoms with Gasteiger partial charge in [-0.2, -0.15) is 0 Å². The van der Waals surface area contributed by atoms with Crippen LogP contribution in [-0.2, 0) is 17.6 Å². The Kier molecular flexibility index (Phi) is 6.01. The zero-order valence-electron chi connectivity index (χ0n) is 13.8. The first-order valence-electron chi connectivity index (χ1n) is 7.70. The molecule has 2 aromatic carbocycles. The summed E-state index contributed by atoms with van der Waals surface area (Å²) in [6, 6.07) is 13.1. The van der Waals surface area contributed by atoms with E-state index in [0.29, 0.717) is 10.8 Å². The summed E-state index contributed by atoms with van der Waals surface area (Å²) in [6.45, 7) is 0. The minimum atomic E-state index is -0.367. The first-order valence-corrected chi connectivity index (χ1v) is 10.0. The highest BCUT2D eigenvalue weighted by Crippen LogP contribution is 2.39. The smallest absolute Gasteiger partial charge is 0.274 e. The van der Waals surface area contributed by atoms with Crippen molar-refractivity contribution in [2.75, 3.05) is 5.75 Å². The molecule has 0 spiro atoms. The predicted octanol–water partition coefficient (Wildman–Crippen LogP) is 5.84. The Morgan fingerprint density at radius 2 is 2.08 bits per heavy atom. The third-order valence-electron chi connectivity index (χ3n) is 3.81. The number of thioether (sulfide) groups is 1. The van der Waals surface area contributed by atoms with Gasteiger partial charge in [0, 0.05) is 27.7 Å². The van der Waals surface area contributed by atoms with Crippen LogP contribution in [0.4, 0.5) is 5.69 Å². The molecule has 3 aromatic rings. The van der Waals surface area contributed by atoms with Crippen LogP contribution in [0, 0.1) is 0 Å². The second kappa shape index (κ2) is 8.24. The molecule has 1 amide bonds. The monoisotopic (exact) mass is 451 g/mol. The molecule has 0 saturated carbocycles. The Bertz CT molecular complexity index is 1000. The first-order chi connectivity index (χ1) is 12.5. The van der Waals surface area contributed by atoms with Gasteiger partial charge in [-0.25, -0.2) is 0 Å². The van der Waals surface area contributed by atoms with Crippen molar-refractivity contribution in [3.8, 4) is 5.88 Å². The molecule has 0 bridgehead atoms. The van der Waals surface area contributed by atoms with Gasteiger partial charge in [0.25, 0.3) is 5.91 Å². The van der Waals surface area contributed by atoms with E-state index in [2.05, 4.69) is 26.2 Å². The molecule has 0 aliphatic heterocycles. The van der Waals surface area contributed by atoms with Gasteiger partial charge in [-0.15, -0.1) is 22.0 Å². The maximum Gasteiger partial charge on any atom is 0.274 e. The van der Waals surface area contributed by atoms with Crippen LogP contribution >= 0.6 is 39.3 Å². The van der Waals surface area contributed by atoms with E-state index in [0.717, 1.165) is 20.9 Å². The number of rotatable bonds is 5. The van der Waals surface area contributed by atoms with Crippen LogP contribution in [0.5, 0.6) is 5.88 Å². The van der Waals surface area contributed by atoms with E-state index in [1.165, 1.54) is 11.8 Å². The Labute approximate surface area is 168 Å². The largest absolute Gasteiger partial charge is 0.493 e. The highest BCUT2D eigenvalue weighted by Gasteiger charge is 2.15. The van der Waals surface area contributed by atoms with Gasteiger partial charge in [0.05, 0.1) is 11.3 Å². The average Bonchev–Trinajstić information content (AvgIpc) is 2.85. The van der Waals surface area contributed by atoms with E-state index >= 15 is 0 Å². The number of halogens is 2. The van der Waals surface area contributed by atoms with Crippen LogP contribution in [0.2, 0.25) is 5.02 Å². The van der Waals surface area contributed by atoms with Crippen molar-refractivity contribution in [1.29, 1.82) is 0 Å². The summed E-state index contributed by atoms with van der Waals surface area (Å²) in [5.41, 5.74) is 2.06. The molecule has 1 aromatic heterocycles. The molecule has 26 heavy (non-hydrogen) atoms. The van der Waals surface area contributed by atoms with Gasteiger partial charge in [-0.3, -0.25) is 4.79 Å². The summed E-state index contributed by atoms with van der Waals surface area (Å²) in [7, 11) is 1.73. The number of azo groups is 1. The number of aromatic nitrogens is 1. The number of carbonyl (C=O) groups is 1. The minimum Gasteiger partial charge on any atom is -0.493 e. The van der Waals surface area contributed by atoms with Crippen LogP contribution in [0.25, 0.3) is 10.9 Å². The fourth-order valence-electron chi connectivity index (χ4n) is 2.48. The molecule has 5 nitrogen and oxygen atoms in total. The van der Waals surface area contributed by atoms with E-state index in [4.69, 9.17) is 11.6 Å². The number of amides is 1. The first kappa shape index (κ1) is 18.9. The van der Waals surface area contributed by atoms with Gasteiger partial charge < -0.3 is 9.67 Å². The van der Waals surface area contributed by atoms with Crippen molar-refractivity contribution in [3.63, 3.8) is 0 Å². The maximum absolute atomic E-state index is 12.0. The van der Waals surface area contributed by atoms with Gasteiger partial charge in [-0.1, -0.05) is 45.7 Å². The summed E-state index contributed by atoms with van der Waals surface area (Å²) in [5, 5.41) is 19.4. The van der Waals surface area contributed by atoms with E-state index in [9.17, 15) is 9.90 Å². The Balaban J connectivity index is 1.69. The fourth-order valence-corrected chi connectivity index (χ4v) is 3.93. The lowest BCUT2D eigenvalue weighted by atomic mass is 10.2. The normalized spacial score (nSPS) is 11.5. The van der Waals surface area contributed by atoms with Crippen molar-refractivity contribution in [2.45, 2.75) is 5.75 Å².